The van der Waals surface area contributed by atoms with Crippen LogP contribution in [0.3, 0.4) is 0 Å². The molecule has 0 aromatic heterocycles. The van der Waals surface area contributed by atoms with E-state index < -0.39 is 0 Å². The number of amides is 1. The molecule has 0 saturated heterocycles. The third-order valence-corrected chi connectivity index (χ3v) is 3.11. The number of nitrogens with two attached hydrogens (primary N) is 1. The minimum atomic E-state index is -0.212. The summed E-state index contributed by atoms with van der Waals surface area (Å²) in [5.41, 5.74) is 6.91. The minimum absolute atomic E-state index is 0.00210. The monoisotopic (exact) mass is 354 g/mol. The van der Waals surface area contributed by atoms with Crippen molar-refractivity contribution >= 4 is 39.9 Å². The van der Waals surface area contributed by atoms with E-state index in [9.17, 15) is 9.90 Å². The molecule has 2 aromatic carbocycles. The summed E-state index contributed by atoms with van der Waals surface area (Å²) < 4.78 is 1.07. The van der Waals surface area contributed by atoms with Crippen LogP contribution < -0.4 is 11.1 Å². The molecular formula is C13H11IN2O2. The standard InChI is InChI=1S/C13H11IN2O2/c14-9-3-1-8(2-4-9)13(18)16-10-5-6-12(17)11(15)7-10/h1-7,17H,15H2,(H,16,18). The number of carbonyl (C=O) groups excluding carboxylic acids is 1. The van der Waals surface area contributed by atoms with Crippen LogP contribution in [0.5, 0.6) is 5.75 Å². The van der Waals surface area contributed by atoms with E-state index in [-0.39, 0.29) is 17.3 Å². The van der Waals surface area contributed by atoms with Crippen molar-refractivity contribution in [3.63, 3.8) is 0 Å². The second-order valence-corrected chi connectivity index (χ2v) is 4.98. The Morgan fingerprint density at radius 2 is 1.83 bits per heavy atom. The average molecular weight is 354 g/mol. The van der Waals surface area contributed by atoms with Gasteiger partial charge in [-0.2, -0.15) is 0 Å². The Hall–Kier alpha value is -1.76. The number of aromatic hydroxyl groups is 1. The van der Waals surface area contributed by atoms with Crippen molar-refractivity contribution in [3.05, 3.63) is 51.6 Å². The van der Waals surface area contributed by atoms with Crippen molar-refractivity contribution in [1.29, 1.82) is 0 Å². The predicted octanol–water partition coefficient (Wildman–Crippen LogP) is 2.83. The van der Waals surface area contributed by atoms with Crippen LogP contribution >= 0.6 is 22.6 Å². The topological polar surface area (TPSA) is 75.3 Å². The average Bonchev–Trinajstić information content (AvgIpc) is 2.34. The lowest BCUT2D eigenvalue weighted by atomic mass is 10.2. The normalized spacial score (nSPS) is 10.1. The highest BCUT2D eigenvalue weighted by molar-refractivity contribution is 14.1. The quantitative estimate of drug-likeness (QED) is 0.336. The number of rotatable bonds is 2. The van der Waals surface area contributed by atoms with E-state index in [1.807, 2.05) is 12.1 Å². The van der Waals surface area contributed by atoms with Gasteiger partial charge in [-0.25, -0.2) is 0 Å². The third kappa shape index (κ3) is 2.92. The van der Waals surface area contributed by atoms with Gasteiger partial charge in [0.2, 0.25) is 0 Å². The molecule has 2 rings (SSSR count). The summed E-state index contributed by atoms with van der Waals surface area (Å²) in [5.74, 6) is -0.209. The first kappa shape index (κ1) is 12.7. The molecule has 1 amide bonds. The Bertz CT molecular complexity index is 582. The Balaban J connectivity index is 2.16. The van der Waals surface area contributed by atoms with Crippen LogP contribution in [0, 0.1) is 3.57 Å². The van der Waals surface area contributed by atoms with Gasteiger partial charge in [-0.05, 0) is 65.1 Å². The molecule has 2 aromatic rings. The van der Waals surface area contributed by atoms with E-state index in [2.05, 4.69) is 27.9 Å². The molecule has 0 radical (unpaired) electrons. The van der Waals surface area contributed by atoms with Gasteiger partial charge in [0, 0.05) is 14.8 Å². The first-order chi connectivity index (χ1) is 8.56. The number of hydrogen-bond donors (Lipinski definition) is 3. The number of phenols is 1. The zero-order valence-electron chi connectivity index (χ0n) is 9.35. The largest absolute Gasteiger partial charge is 0.506 e. The smallest absolute Gasteiger partial charge is 0.255 e. The first-order valence-electron chi connectivity index (χ1n) is 5.21. The van der Waals surface area contributed by atoms with Crippen LogP contribution in [0.2, 0.25) is 0 Å². The lowest BCUT2D eigenvalue weighted by molar-refractivity contribution is 0.102. The van der Waals surface area contributed by atoms with Gasteiger partial charge in [-0.15, -0.1) is 0 Å². The predicted molar refractivity (Wildman–Crippen MR) is 79.6 cm³/mol. The molecule has 0 saturated carbocycles. The number of nitrogen functional groups attached to an aromatic ring is 1. The molecule has 0 aliphatic heterocycles. The number of phenolic OH excluding ortho intramolecular Hbond substituents is 1. The highest BCUT2D eigenvalue weighted by Crippen LogP contribution is 2.23. The third-order valence-electron chi connectivity index (χ3n) is 2.39. The van der Waals surface area contributed by atoms with Crippen molar-refractivity contribution in [3.8, 4) is 5.75 Å². The van der Waals surface area contributed by atoms with Crippen molar-refractivity contribution in [2.24, 2.45) is 0 Å². The Kier molecular flexibility index (Phi) is 3.71. The van der Waals surface area contributed by atoms with Crippen LogP contribution in [-0.2, 0) is 0 Å². The molecule has 0 bridgehead atoms. The summed E-state index contributed by atoms with van der Waals surface area (Å²) in [4.78, 5) is 11.9. The molecule has 0 spiro atoms. The molecule has 4 N–H and O–H groups in total. The summed E-state index contributed by atoms with van der Waals surface area (Å²) >= 11 is 2.18. The molecule has 0 heterocycles. The number of carbonyl (C=O) groups is 1. The van der Waals surface area contributed by atoms with Gasteiger partial charge in [-0.3, -0.25) is 4.79 Å². The van der Waals surface area contributed by atoms with Crippen molar-refractivity contribution < 1.29 is 9.90 Å². The van der Waals surface area contributed by atoms with Gasteiger partial charge in [0.05, 0.1) is 5.69 Å². The fourth-order valence-corrected chi connectivity index (χ4v) is 1.80. The Morgan fingerprint density at radius 1 is 1.17 bits per heavy atom. The van der Waals surface area contributed by atoms with E-state index in [0.717, 1.165) is 3.57 Å². The van der Waals surface area contributed by atoms with Crippen LogP contribution in [0.25, 0.3) is 0 Å². The summed E-state index contributed by atoms with van der Waals surface area (Å²) in [7, 11) is 0. The molecule has 5 heteroatoms. The van der Waals surface area contributed by atoms with Gasteiger partial charge in [-0.1, -0.05) is 0 Å². The van der Waals surface area contributed by atoms with Gasteiger partial charge >= 0.3 is 0 Å². The number of anilines is 2. The molecule has 92 valence electrons. The van der Waals surface area contributed by atoms with E-state index in [1.54, 1.807) is 18.2 Å². The molecular weight excluding hydrogens is 343 g/mol. The van der Waals surface area contributed by atoms with Gasteiger partial charge < -0.3 is 16.2 Å². The fourth-order valence-electron chi connectivity index (χ4n) is 1.44. The summed E-state index contributed by atoms with van der Waals surface area (Å²) in [5, 5.41) is 12.0. The van der Waals surface area contributed by atoms with Crippen LogP contribution in [0.4, 0.5) is 11.4 Å². The highest BCUT2D eigenvalue weighted by Gasteiger charge is 2.06. The number of benzene rings is 2. The summed E-state index contributed by atoms with van der Waals surface area (Å²) in [6.45, 7) is 0. The molecule has 0 aliphatic carbocycles. The second kappa shape index (κ2) is 5.26. The first-order valence-corrected chi connectivity index (χ1v) is 6.29. The molecule has 4 nitrogen and oxygen atoms in total. The van der Waals surface area contributed by atoms with Crippen LogP contribution in [0.1, 0.15) is 10.4 Å². The van der Waals surface area contributed by atoms with Crippen LogP contribution in [-0.4, -0.2) is 11.0 Å². The van der Waals surface area contributed by atoms with E-state index in [0.29, 0.717) is 11.3 Å². The van der Waals surface area contributed by atoms with E-state index in [4.69, 9.17) is 5.73 Å². The Morgan fingerprint density at radius 3 is 2.44 bits per heavy atom. The van der Waals surface area contributed by atoms with Crippen molar-refractivity contribution in [2.75, 3.05) is 11.1 Å². The second-order valence-electron chi connectivity index (χ2n) is 3.73. The molecule has 18 heavy (non-hydrogen) atoms. The lowest BCUT2D eigenvalue weighted by Crippen LogP contribution is -2.11. The van der Waals surface area contributed by atoms with Gasteiger partial charge in [0.1, 0.15) is 5.75 Å². The minimum Gasteiger partial charge on any atom is -0.506 e. The van der Waals surface area contributed by atoms with Crippen LogP contribution in [0.15, 0.2) is 42.5 Å². The van der Waals surface area contributed by atoms with Crippen molar-refractivity contribution in [2.45, 2.75) is 0 Å². The molecule has 0 fully saturated rings. The molecule has 0 aliphatic rings. The number of halogens is 1. The fraction of sp³-hybridized carbons (Fsp3) is 0. The van der Waals surface area contributed by atoms with Crippen molar-refractivity contribution in [1.82, 2.24) is 0 Å². The van der Waals surface area contributed by atoms with E-state index >= 15 is 0 Å². The number of hydrogen-bond acceptors (Lipinski definition) is 3. The van der Waals surface area contributed by atoms with Gasteiger partial charge in [0.15, 0.2) is 0 Å². The lowest BCUT2D eigenvalue weighted by Gasteiger charge is -2.07. The summed E-state index contributed by atoms with van der Waals surface area (Å²) in [6.07, 6.45) is 0. The van der Waals surface area contributed by atoms with Gasteiger partial charge in [0.25, 0.3) is 5.91 Å². The maximum atomic E-state index is 11.9. The van der Waals surface area contributed by atoms with E-state index in [1.165, 1.54) is 12.1 Å². The maximum absolute atomic E-state index is 11.9. The number of nitrogens with one attached hydrogen (secondary N) is 1. The SMILES string of the molecule is Nc1cc(NC(=O)c2ccc(I)cc2)ccc1O. The Labute approximate surface area is 118 Å². The zero-order valence-corrected chi connectivity index (χ0v) is 11.5. The maximum Gasteiger partial charge on any atom is 0.255 e. The zero-order chi connectivity index (χ0) is 13.1. The molecule has 0 unspecified atom stereocenters. The summed E-state index contributed by atoms with van der Waals surface area (Å²) in [6, 6.07) is 11.8. The highest BCUT2D eigenvalue weighted by atomic mass is 127. The molecule has 0 atom stereocenters.